The van der Waals surface area contributed by atoms with Gasteiger partial charge in [-0.15, -0.1) is 0 Å². The van der Waals surface area contributed by atoms with Gasteiger partial charge in [0.05, 0.1) is 0 Å². The second-order valence-corrected chi connectivity index (χ2v) is 5.56. The fourth-order valence-electron chi connectivity index (χ4n) is 2.75. The molecule has 3 heteroatoms. The Morgan fingerprint density at radius 1 is 1.37 bits per heavy atom. The van der Waals surface area contributed by atoms with Crippen LogP contribution in [0.1, 0.15) is 54.7 Å². The Kier molecular flexibility index (Phi) is 4.59. The summed E-state index contributed by atoms with van der Waals surface area (Å²) < 4.78 is 0. The van der Waals surface area contributed by atoms with Crippen molar-refractivity contribution >= 4 is 5.91 Å². The number of amides is 1. The summed E-state index contributed by atoms with van der Waals surface area (Å²) in [4.78, 5) is 12.1. The van der Waals surface area contributed by atoms with Crippen LogP contribution in [0.2, 0.25) is 0 Å². The lowest BCUT2D eigenvalue weighted by molar-refractivity contribution is 0.0956. The molecule has 1 aliphatic heterocycles. The van der Waals surface area contributed by atoms with Crippen molar-refractivity contribution in [3.8, 4) is 0 Å². The molecule has 1 unspecified atom stereocenters. The van der Waals surface area contributed by atoms with Crippen molar-refractivity contribution in [3.63, 3.8) is 0 Å². The van der Waals surface area contributed by atoms with Gasteiger partial charge in [0.2, 0.25) is 0 Å². The molecule has 0 spiro atoms. The van der Waals surface area contributed by atoms with E-state index in [-0.39, 0.29) is 5.91 Å². The van der Waals surface area contributed by atoms with E-state index in [4.69, 9.17) is 0 Å². The topological polar surface area (TPSA) is 41.1 Å². The third-order valence-corrected chi connectivity index (χ3v) is 3.74. The number of hydrogen-bond donors (Lipinski definition) is 2. The Labute approximate surface area is 115 Å². The summed E-state index contributed by atoms with van der Waals surface area (Å²) in [6.45, 7) is 8.25. The van der Waals surface area contributed by atoms with Gasteiger partial charge in [-0.3, -0.25) is 4.79 Å². The van der Waals surface area contributed by atoms with Gasteiger partial charge in [-0.05, 0) is 42.5 Å². The Bertz CT molecular complexity index is 454. The molecular formula is C16H24N2O. The second kappa shape index (κ2) is 6.20. The zero-order valence-corrected chi connectivity index (χ0v) is 12.1. The molecule has 0 fully saturated rings. The number of benzene rings is 1. The molecule has 0 saturated carbocycles. The number of aryl methyl sites for hydroxylation is 1. The van der Waals surface area contributed by atoms with Crippen LogP contribution in [-0.2, 0) is 6.42 Å². The van der Waals surface area contributed by atoms with E-state index in [1.807, 2.05) is 0 Å². The fourth-order valence-corrected chi connectivity index (χ4v) is 2.75. The summed E-state index contributed by atoms with van der Waals surface area (Å²) in [7, 11) is 0. The third-order valence-electron chi connectivity index (χ3n) is 3.74. The molecule has 1 aliphatic rings. The molecule has 1 heterocycles. The Morgan fingerprint density at radius 2 is 2.16 bits per heavy atom. The highest BCUT2D eigenvalue weighted by atomic mass is 16.1. The molecule has 0 aliphatic carbocycles. The molecule has 1 atom stereocenters. The summed E-state index contributed by atoms with van der Waals surface area (Å²) >= 11 is 0. The SMILES string of the molecule is CCNC(c1ccc2c(c1)C(=O)NCCC2)C(C)C. The molecule has 3 nitrogen and oxygen atoms in total. The molecule has 0 bridgehead atoms. The van der Waals surface area contributed by atoms with Crippen molar-refractivity contribution in [2.45, 2.75) is 39.7 Å². The summed E-state index contributed by atoms with van der Waals surface area (Å²) in [6, 6.07) is 6.68. The normalized spacial score (nSPS) is 16.7. The summed E-state index contributed by atoms with van der Waals surface area (Å²) in [5, 5.41) is 6.47. The van der Waals surface area contributed by atoms with Crippen LogP contribution in [0, 0.1) is 5.92 Å². The molecule has 1 aromatic rings. The lowest BCUT2D eigenvalue weighted by atomic mass is 9.92. The van der Waals surface area contributed by atoms with Crippen LogP contribution in [-0.4, -0.2) is 19.0 Å². The molecule has 2 rings (SSSR count). The quantitative estimate of drug-likeness (QED) is 0.874. The van der Waals surface area contributed by atoms with Crippen LogP contribution >= 0.6 is 0 Å². The van der Waals surface area contributed by atoms with Crippen molar-refractivity contribution in [3.05, 3.63) is 34.9 Å². The van der Waals surface area contributed by atoms with E-state index in [9.17, 15) is 4.79 Å². The minimum atomic E-state index is 0.0772. The number of nitrogens with one attached hydrogen (secondary N) is 2. The van der Waals surface area contributed by atoms with Crippen LogP contribution in [0.3, 0.4) is 0 Å². The first-order chi connectivity index (χ1) is 9.13. The van der Waals surface area contributed by atoms with Crippen LogP contribution < -0.4 is 10.6 Å². The Morgan fingerprint density at radius 3 is 2.84 bits per heavy atom. The molecule has 2 N–H and O–H groups in total. The van der Waals surface area contributed by atoms with Gasteiger partial charge < -0.3 is 10.6 Å². The lowest BCUT2D eigenvalue weighted by Gasteiger charge is -2.23. The number of fused-ring (bicyclic) bond motifs is 1. The van der Waals surface area contributed by atoms with Crippen LogP contribution in [0.25, 0.3) is 0 Å². The van der Waals surface area contributed by atoms with Crippen molar-refractivity contribution in [1.29, 1.82) is 0 Å². The minimum Gasteiger partial charge on any atom is -0.352 e. The van der Waals surface area contributed by atoms with Gasteiger partial charge in [-0.2, -0.15) is 0 Å². The van der Waals surface area contributed by atoms with Gasteiger partial charge in [0.1, 0.15) is 0 Å². The number of carbonyl (C=O) groups excluding carboxylic acids is 1. The smallest absolute Gasteiger partial charge is 0.251 e. The molecule has 0 aromatic heterocycles. The van der Waals surface area contributed by atoms with Crippen LogP contribution in [0.4, 0.5) is 0 Å². The van der Waals surface area contributed by atoms with Crippen LogP contribution in [0.5, 0.6) is 0 Å². The average Bonchev–Trinajstić information content (AvgIpc) is 2.57. The predicted molar refractivity (Wildman–Crippen MR) is 78.4 cm³/mol. The molecule has 0 saturated heterocycles. The highest BCUT2D eigenvalue weighted by Gasteiger charge is 2.19. The predicted octanol–water partition coefficient (Wildman–Crippen LogP) is 2.67. The zero-order chi connectivity index (χ0) is 13.8. The summed E-state index contributed by atoms with van der Waals surface area (Å²) in [5.41, 5.74) is 3.25. The number of carbonyl (C=O) groups is 1. The van der Waals surface area contributed by atoms with Crippen molar-refractivity contribution in [2.24, 2.45) is 5.92 Å². The van der Waals surface area contributed by atoms with Gasteiger partial charge >= 0.3 is 0 Å². The first kappa shape index (κ1) is 14.1. The van der Waals surface area contributed by atoms with Crippen molar-refractivity contribution in [1.82, 2.24) is 10.6 Å². The zero-order valence-electron chi connectivity index (χ0n) is 12.1. The van der Waals surface area contributed by atoms with Gasteiger partial charge in [0, 0.05) is 18.2 Å². The third kappa shape index (κ3) is 3.16. The molecule has 104 valence electrons. The van der Waals surface area contributed by atoms with E-state index in [0.29, 0.717) is 12.0 Å². The maximum atomic E-state index is 12.1. The first-order valence-electron chi connectivity index (χ1n) is 7.28. The highest BCUT2D eigenvalue weighted by molar-refractivity contribution is 5.96. The molecule has 1 aromatic carbocycles. The summed E-state index contributed by atoms with van der Waals surface area (Å²) in [6.07, 6.45) is 2.01. The largest absolute Gasteiger partial charge is 0.352 e. The van der Waals surface area contributed by atoms with E-state index in [1.54, 1.807) is 0 Å². The van der Waals surface area contributed by atoms with E-state index in [0.717, 1.165) is 31.5 Å². The van der Waals surface area contributed by atoms with Crippen molar-refractivity contribution < 1.29 is 4.79 Å². The minimum absolute atomic E-state index is 0.0772. The molecular weight excluding hydrogens is 236 g/mol. The number of rotatable bonds is 4. The fraction of sp³-hybridized carbons (Fsp3) is 0.562. The highest BCUT2D eigenvalue weighted by Crippen LogP contribution is 2.25. The van der Waals surface area contributed by atoms with E-state index >= 15 is 0 Å². The van der Waals surface area contributed by atoms with E-state index in [2.05, 4.69) is 49.6 Å². The maximum Gasteiger partial charge on any atom is 0.251 e. The van der Waals surface area contributed by atoms with E-state index < -0.39 is 0 Å². The Balaban J connectivity index is 2.35. The van der Waals surface area contributed by atoms with Gasteiger partial charge in [0.25, 0.3) is 5.91 Å². The van der Waals surface area contributed by atoms with Gasteiger partial charge in [0.15, 0.2) is 0 Å². The lowest BCUT2D eigenvalue weighted by Crippen LogP contribution is -2.26. The second-order valence-electron chi connectivity index (χ2n) is 5.56. The monoisotopic (exact) mass is 260 g/mol. The summed E-state index contributed by atoms with van der Waals surface area (Å²) in [5.74, 6) is 0.584. The molecule has 19 heavy (non-hydrogen) atoms. The average molecular weight is 260 g/mol. The Hall–Kier alpha value is -1.35. The molecule has 1 amide bonds. The number of hydrogen-bond acceptors (Lipinski definition) is 2. The maximum absolute atomic E-state index is 12.1. The first-order valence-corrected chi connectivity index (χ1v) is 7.28. The van der Waals surface area contributed by atoms with Gasteiger partial charge in [-0.1, -0.05) is 32.9 Å². The van der Waals surface area contributed by atoms with Crippen molar-refractivity contribution in [2.75, 3.05) is 13.1 Å². The van der Waals surface area contributed by atoms with E-state index in [1.165, 1.54) is 11.1 Å². The van der Waals surface area contributed by atoms with Crippen LogP contribution in [0.15, 0.2) is 18.2 Å². The van der Waals surface area contributed by atoms with Gasteiger partial charge in [-0.25, -0.2) is 0 Å². The standard InChI is InChI=1S/C16H24N2O/c1-4-17-15(11(2)3)13-8-7-12-6-5-9-18-16(19)14(12)10-13/h7-8,10-11,15,17H,4-6,9H2,1-3H3,(H,18,19). The molecule has 0 radical (unpaired) electrons.